The Kier molecular flexibility index (Phi) is 15.4. The van der Waals surface area contributed by atoms with E-state index in [0.717, 1.165) is 0 Å². The minimum absolute atomic E-state index is 0.0234. The van der Waals surface area contributed by atoms with Crippen LogP contribution in [-0.2, 0) is 38.0 Å². The quantitative estimate of drug-likeness (QED) is 0.235. The van der Waals surface area contributed by atoms with Gasteiger partial charge >= 0.3 is 5.97 Å². The second-order valence-electron chi connectivity index (χ2n) is 14.4. The van der Waals surface area contributed by atoms with Crippen molar-refractivity contribution < 1.29 is 63.5 Å². The first-order valence-electron chi connectivity index (χ1n) is 17.2. The average molecular weight is 702 g/mol. The van der Waals surface area contributed by atoms with Crippen LogP contribution in [0.15, 0.2) is 24.3 Å². The molecule has 0 spiro atoms. The molecular weight excluding hydrogens is 642 g/mol. The summed E-state index contributed by atoms with van der Waals surface area (Å²) in [5, 5.41) is 55.2. The summed E-state index contributed by atoms with van der Waals surface area (Å²) >= 11 is 0. The summed E-state index contributed by atoms with van der Waals surface area (Å²) in [6.07, 6.45) is -5.41. The van der Waals surface area contributed by atoms with E-state index in [0.29, 0.717) is 6.42 Å². The summed E-state index contributed by atoms with van der Waals surface area (Å²) in [6, 6.07) is -0.743. The Morgan fingerprint density at radius 1 is 0.980 bits per heavy atom. The molecule has 3 aliphatic rings. The molecule has 282 valence electrons. The molecule has 14 nitrogen and oxygen atoms in total. The maximum absolute atomic E-state index is 13.3. The van der Waals surface area contributed by atoms with Crippen molar-refractivity contribution in [3.63, 3.8) is 0 Å². The molecule has 0 aromatic carbocycles. The summed E-state index contributed by atoms with van der Waals surface area (Å²) < 4.78 is 36.0. The fourth-order valence-electron chi connectivity index (χ4n) is 6.95. The Hall–Kier alpha value is -1.82. The normalized spacial score (nSPS) is 44.9. The number of methoxy groups -OCH3 is 1. The summed E-state index contributed by atoms with van der Waals surface area (Å²) in [5.74, 6) is -2.38. The molecule has 0 radical (unpaired) electrons. The van der Waals surface area contributed by atoms with Gasteiger partial charge in [0.05, 0.1) is 48.6 Å². The molecule has 2 fully saturated rings. The molecule has 0 aliphatic carbocycles. The Morgan fingerprint density at radius 3 is 2.24 bits per heavy atom. The zero-order chi connectivity index (χ0) is 36.8. The lowest BCUT2D eigenvalue weighted by atomic mass is 9.82. The van der Waals surface area contributed by atoms with Crippen molar-refractivity contribution in [3.05, 3.63) is 24.3 Å². The molecule has 3 rings (SSSR count). The first kappa shape index (κ1) is 41.6. The molecule has 0 amide bonds. The fraction of sp³-hybridized carbons (Fsp3) is 0.829. The van der Waals surface area contributed by atoms with Gasteiger partial charge < -0.3 is 58.9 Å². The van der Waals surface area contributed by atoms with E-state index < -0.39 is 109 Å². The molecule has 0 saturated carbocycles. The molecule has 49 heavy (non-hydrogen) atoms. The van der Waals surface area contributed by atoms with Crippen LogP contribution in [0, 0.1) is 11.8 Å². The number of ether oxygens (including phenoxy) is 6. The van der Waals surface area contributed by atoms with Gasteiger partial charge in [-0.05, 0) is 61.1 Å². The number of Topliss-reactive ketones (excluding diaryl/α,β-unsaturated/α-hetero) is 1. The van der Waals surface area contributed by atoms with Gasteiger partial charge in [-0.3, -0.25) is 9.59 Å². The minimum atomic E-state index is -1.47. The SMILES string of the molecule is COC1C(O)CC(=O)OC(C)CC=CC=CC(O)C(C)CC(C(C)=O)C1OC1OC(C)C(OC2CC(C)(O)C(O)C(C)O2)C(N(C)C)C1O. The van der Waals surface area contributed by atoms with E-state index in [-0.39, 0.29) is 18.6 Å². The van der Waals surface area contributed by atoms with Gasteiger partial charge in [0.1, 0.15) is 36.3 Å². The van der Waals surface area contributed by atoms with Gasteiger partial charge in [0.2, 0.25) is 0 Å². The molecule has 0 aromatic heterocycles. The molecule has 5 N–H and O–H groups in total. The van der Waals surface area contributed by atoms with Crippen molar-refractivity contribution in [2.45, 2.75) is 152 Å². The summed E-state index contributed by atoms with van der Waals surface area (Å²) in [4.78, 5) is 27.9. The number of cyclic esters (lactones) is 1. The molecule has 3 heterocycles. The third-order valence-electron chi connectivity index (χ3n) is 9.84. The van der Waals surface area contributed by atoms with Gasteiger partial charge in [-0.15, -0.1) is 0 Å². The Morgan fingerprint density at radius 2 is 1.65 bits per heavy atom. The van der Waals surface area contributed by atoms with Gasteiger partial charge in [-0.2, -0.15) is 0 Å². The van der Waals surface area contributed by atoms with Gasteiger partial charge in [0.25, 0.3) is 0 Å². The van der Waals surface area contributed by atoms with Crippen molar-refractivity contribution in [1.29, 1.82) is 0 Å². The minimum Gasteiger partial charge on any atom is -0.462 e. The Bertz CT molecular complexity index is 1130. The summed E-state index contributed by atoms with van der Waals surface area (Å²) in [5.41, 5.74) is -1.47. The predicted molar refractivity (Wildman–Crippen MR) is 177 cm³/mol. The molecular formula is C35H59NO13. The first-order valence-corrected chi connectivity index (χ1v) is 17.2. The van der Waals surface area contributed by atoms with Crippen LogP contribution in [0.3, 0.4) is 0 Å². The molecule has 14 heteroatoms. The third-order valence-corrected chi connectivity index (χ3v) is 9.84. The predicted octanol–water partition coefficient (Wildman–Crippen LogP) is 0.846. The van der Waals surface area contributed by atoms with Crippen molar-refractivity contribution in [1.82, 2.24) is 4.90 Å². The van der Waals surface area contributed by atoms with Crippen LogP contribution in [0.5, 0.6) is 0 Å². The van der Waals surface area contributed by atoms with Gasteiger partial charge in [-0.25, -0.2) is 0 Å². The maximum atomic E-state index is 13.3. The Labute approximate surface area is 289 Å². The summed E-state index contributed by atoms with van der Waals surface area (Å²) in [7, 11) is 4.81. The maximum Gasteiger partial charge on any atom is 0.308 e. The highest BCUT2D eigenvalue weighted by atomic mass is 16.7. The van der Waals surface area contributed by atoms with E-state index in [2.05, 4.69) is 0 Å². The number of carbonyl (C=O) groups excluding carboxylic acids is 2. The van der Waals surface area contributed by atoms with Crippen LogP contribution in [0.1, 0.15) is 67.2 Å². The van der Waals surface area contributed by atoms with Gasteiger partial charge in [0.15, 0.2) is 12.6 Å². The molecule has 0 aromatic rings. The van der Waals surface area contributed by atoms with E-state index in [1.54, 1.807) is 71.0 Å². The zero-order valence-electron chi connectivity index (χ0n) is 30.2. The number of aliphatic hydroxyl groups is 5. The highest BCUT2D eigenvalue weighted by Gasteiger charge is 2.52. The van der Waals surface area contributed by atoms with E-state index >= 15 is 0 Å². The van der Waals surface area contributed by atoms with Crippen LogP contribution in [0.25, 0.3) is 0 Å². The standard InChI is InChI=1S/C35H59NO13/c1-18-15-23(20(3)37)31(32(44-9)25(39)16-26(40)45-19(2)13-11-10-12-14-24(18)38)49-34-29(41)28(36(7)8)30(21(4)47-34)48-27-17-35(6,43)33(42)22(5)46-27/h10-12,14,18-19,21-25,27-34,38-39,41-43H,13,15-17H2,1-9H3. The molecule has 2 saturated heterocycles. The van der Waals surface area contributed by atoms with E-state index in [9.17, 15) is 35.1 Å². The monoisotopic (exact) mass is 701 g/mol. The van der Waals surface area contributed by atoms with Gasteiger partial charge in [0, 0.05) is 25.9 Å². The Balaban J connectivity index is 1.96. The van der Waals surface area contributed by atoms with Crippen molar-refractivity contribution in [3.8, 4) is 0 Å². The number of hydrogen-bond donors (Lipinski definition) is 5. The second-order valence-corrected chi connectivity index (χ2v) is 14.4. The van der Waals surface area contributed by atoms with E-state index in [4.69, 9.17) is 28.4 Å². The number of ketones is 1. The van der Waals surface area contributed by atoms with E-state index in [1.165, 1.54) is 21.0 Å². The highest BCUT2D eigenvalue weighted by Crippen LogP contribution is 2.36. The average Bonchev–Trinajstić information content (AvgIpc) is 2.99. The largest absolute Gasteiger partial charge is 0.462 e. The van der Waals surface area contributed by atoms with Crippen LogP contribution in [-0.4, -0.2) is 149 Å². The summed E-state index contributed by atoms with van der Waals surface area (Å²) in [6.45, 7) is 9.74. The van der Waals surface area contributed by atoms with Crippen LogP contribution < -0.4 is 0 Å². The van der Waals surface area contributed by atoms with Crippen molar-refractivity contribution >= 4 is 11.8 Å². The number of nitrogens with zero attached hydrogens (tertiary/aromatic N) is 1. The molecule has 16 atom stereocenters. The van der Waals surface area contributed by atoms with Crippen molar-refractivity contribution in [2.75, 3.05) is 21.2 Å². The van der Waals surface area contributed by atoms with Crippen LogP contribution >= 0.6 is 0 Å². The number of esters is 1. The lowest BCUT2D eigenvalue weighted by Gasteiger charge is -2.50. The topological polar surface area (TPSA) is 194 Å². The number of likely N-dealkylation sites (N-methyl/N-ethyl adjacent to an activating group) is 1. The van der Waals surface area contributed by atoms with E-state index in [1.807, 2.05) is 0 Å². The van der Waals surface area contributed by atoms with Gasteiger partial charge in [-0.1, -0.05) is 31.2 Å². The van der Waals surface area contributed by atoms with Crippen molar-refractivity contribution in [2.24, 2.45) is 11.8 Å². The fourth-order valence-corrected chi connectivity index (χ4v) is 6.95. The third kappa shape index (κ3) is 10.8. The molecule has 0 bridgehead atoms. The van der Waals surface area contributed by atoms with Crippen LogP contribution in [0.4, 0.5) is 0 Å². The highest BCUT2D eigenvalue weighted by molar-refractivity contribution is 5.79. The smallest absolute Gasteiger partial charge is 0.308 e. The number of aliphatic hydroxyl groups excluding tert-OH is 4. The number of carbonyl (C=O) groups is 2. The lowest BCUT2D eigenvalue weighted by Crippen LogP contribution is -2.66. The molecule has 16 unspecified atom stereocenters. The number of allylic oxidation sites excluding steroid dienone is 2. The zero-order valence-corrected chi connectivity index (χ0v) is 30.2. The number of rotatable bonds is 7. The number of hydrogen-bond acceptors (Lipinski definition) is 14. The van der Waals surface area contributed by atoms with Crippen LogP contribution in [0.2, 0.25) is 0 Å². The first-order chi connectivity index (χ1) is 22.9. The lowest BCUT2D eigenvalue weighted by molar-refractivity contribution is -0.343. The molecule has 3 aliphatic heterocycles. The second kappa shape index (κ2) is 18.1.